The molecule has 1 rings (SSSR count). The van der Waals surface area contributed by atoms with Crippen molar-refractivity contribution in [3.8, 4) is 0 Å². The number of hydrogen-bond acceptors (Lipinski definition) is 4. The van der Waals surface area contributed by atoms with E-state index >= 15 is 0 Å². The molecule has 0 aromatic heterocycles. The summed E-state index contributed by atoms with van der Waals surface area (Å²) in [6.07, 6.45) is 0. The SMILES string of the molecule is CN1CCN(CCOC(=O)C(Br)(Br)Br)CC1. The van der Waals surface area contributed by atoms with Crippen molar-refractivity contribution in [1.29, 1.82) is 0 Å². The molecule has 0 atom stereocenters. The number of carbonyl (C=O) groups excluding carboxylic acids is 1. The van der Waals surface area contributed by atoms with Crippen LogP contribution in [-0.2, 0) is 9.53 Å². The lowest BCUT2D eigenvalue weighted by atomic mass is 10.3. The Morgan fingerprint density at radius 3 is 2.31 bits per heavy atom. The van der Waals surface area contributed by atoms with E-state index in [4.69, 9.17) is 4.74 Å². The molecule has 0 aromatic carbocycles. The molecule has 1 aliphatic heterocycles. The summed E-state index contributed by atoms with van der Waals surface area (Å²) in [4.78, 5) is 16.0. The number of nitrogens with zero attached hydrogens (tertiary/aromatic N) is 2. The summed E-state index contributed by atoms with van der Waals surface area (Å²) in [5.41, 5.74) is 0. The summed E-state index contributed by atoms with van der Waals surface area (Å²) in [6.45, 7) is 5.45. The molecular weight excluding hydrogens is 408 g/mol. The number of rotatable bonds is 3. The highest BCUT2D eigenvalue weighted by molar-refractivity contribution is 9.40. The monoisotopic (exact) mass is 420 g/mol. The summed E-state index contributed by atoms with van der Waals surface area (Å²) in [5, 5.41) is 0. The van der Waals surface area contributed by atoms with Crippen molar-refractivity contribution in [2.45, 2.75) is 2.14 Å². The van der Waals surface area contributed by atoms with Gasteiger partial charge in [0.25, 0.3) is 0 Å². The quantitative estimate of drug-likeness (QED) is 0.511. The Kier molecular flexibility index (Phi) is 6.22. The van der Waals surface area contributed by atoms with Gasteiger partial charge in [-0.1, -0.05) is 0 Å². The van der Waals surface area contributed by atoms with Crippen LogP contribution in [0.15, 0.2) is 0 Å². The molecular formula is C9H15Br3N2O2. The van der Waals surface area contributed by atoms with E-state index in [-0.39, 0.29) is 5.97 Å². The van der Waals surface area contributed by atoms with Gasteiger partial charge in [0.15, 0.2) is 0 Å². The molecule has 0 amide bonds. The highest BCUT2D eigenvalue weighted by atomic mass is 80.0. The fraction of sp³-hybridized carbons (Fsp3) is 0.889. The molecule has 0 spiro atoms. The Morgan fingerprint density at radius 1 is 1.25 bits per heavy atom. The largest absolute Gasteiger partial charge is 0.462 e. The molecule has 1 heterocycles. The normalized spacial score (nSPS) is 19.8. The third kappa shape index (κ3) is 5.44. The summed E-state index contributed by atoms with van der Waals surface area (Å²) in [6, 6.07) is 0. The van der Waals surface area contributed by atoms with E-state index in [1.165, 1.54) is 0 Å². The van der Waals surface area contributed by atoms with Gasteiger partial charge in [-0.15, -0.1) is 0 Å². The first-order valence-corrected chi connectivity index (χ1v) is 7.42. The van der Waals surface area contributed by atoms with Gasteiger partial charge in [-0.2, -0.15) is 0 Å². The van der Waals surface area contributed by atoms with E-state index in [1.807, 2.05) is 0 Å². The highest BCUT2D eigenvalue weighted by Crippen LogP contribution is 2.34. The molecule has 4 nitrogen and oxygen atoms in total. The number of esters is 1. The lowest BCUT2D eigenvalue weighted by Crippen LogP contribution is -2.45. The van der Waals surface area contributed by atoms with Gasteiger partial charge < -0.3 is 9.64 Å². The van der Waals surface area contributed by atoms with Crippen molar-refractivity contribution in [2.75, 3.05) is 46.4 Å². The Bertz CT molecular complexity index is 237. The molecule has 1 aliphatic rings. The van der Waals surface area contributed by atoms with Gasteiger partial charge in [0.2, 0.25) is 2.14 Å². The molecule has 0 aromatic rings. The van der Waals surface area contributed by atoms with Crippen LogP contribution in [0.2, 0.25) is 0 Å². The maximum absolute atomic E-state index is 11.4. The minimum Gasteiger partial charge on any atom is -0.462 e. The van der Waals surface area contributed by atoms with Gasteiger partial charge in [-0.05, 0) is 54.8 Å². The third-order valence-corrected chi connectivity index (χ3v) is 3.44. The standard InChI is InChI=1S/C9H15Br3N2O2/c1-13-2-4-14(5-3-13)6-7-16-8(15)9(10,11)12/h2-7H2,1H3. The maximum atomic E-state index is 11.4. The van der Waals surface area contributed by atoms with Gasteiger partial charge in [0.05, 0.1) is 0 Å². The molecule has 0 aliphatic carbocycles. The van der Waals surface area contributed by atoms with Crippen LogP contribution in [0.3, 0.4) is 0 Å². The number of alkyl halides is 3. The number of carbonyl (C=O) groups is 1. The van der Waals surface area contributed by atoms with E-state index in [1.54, 1.807) is 0 Å². The van der Waals surface area contributed by atoms with Gasteiger partial charge in [0.1, 0.15) is 6.61 Å². The van der Waals surface area contributed by atoms with Crippen LogP contribution in [0.4, 0.5) is 0 Å². The second-order valence-electron chi connectivity index (χ2n) is 3.78. The number of piperazine rings is 1. The summed E-state index contributed by atoms with van der Waals surface area (Å²) in [5.74, 6) is -0.360. The van der Waals surface area contributed by atoms with Crippen molar-refractivity contribution in [3.05, 3.63) is 0 Å². The smallest absolute Gasteiger partial charge is 0.344 e. The summed E-state index contributed by atoms with van der Waals surface area (Å²) < 4.78 is 4.15. The zero-order valence-corrected chi connectivity index (χ0v) is 13.8. The minimum atomic E-state index is -0.949. The van der Waals surface area contributed by atoms with Crippen molar-refractivity contribution >= 4 is 53.8 Å². The summed E-state index contributed by atoms with van der Waals surface area (Å²) in [7, 11) is 2.12. The minimum absolute atomic E-state index is 0.360. The van der Waals surface area contributed by atoms with E-state index in [2.05, 4.69) is 64.6 Å². The van der Waals surface area contributed by atoms with Crippen LogP contribution in [0.25, 0.3) is 0 Å². The molecule has 1 fully saturated rings. The van der Waals surface area contributed by atoms with E-state index in [0.717, 1.165) is 32.7 Å². The Morgan fingerprint density at radius 2 is 1.81 bits per heavy atom. The van der Waals surface area contributed by atoms with Gasteiger partial charge in [0, 0.05) is 32.7 Å². The zero-order chi connectivity index (χ0) is 12.2. The Hall–Kier alpha value is 0.830. The second-order valence-corrected chi connectivity index (χ2v) is 10.5. The maximum Gasteiger partial charge on any atom is 0.344 e. The van der Waals surface area contributed by atoms with Gasteiger partial charge in [-0.3, -0.25) is 4.90 Å². The molecule has 0 radical (unpaired) electrons. The molecule has 94 valence electrons. The molecule has 0 saturated carbocycles. The second kappa shape index (κ2) is 6.68. The van der Waals surface area contributed by atoms with Crippen molar-refractivity contribution in [3.63, 3.8) is 0 Å². The Labute approximate surface area is 121 Å². The average Bonchev–Trinajstić information content (AvgIpc) is 2.19. The van der Waals surface area contributed by atoms with E-state index in [9.17, 15) is 4.79 Å². The molecule has 0 N–H and O–H groups in total. The number of hydrogen-bond donors (Lipinski definition) is 0. The van der Waals surface area contributed by atoms with Gasteiger partial charge in [-0.25, -0.2) is 4.79 Å². The summed E-state index contributed by atoms with van der Waals surface area (Å²) >= 11 is 9.35. The van der Waals surface area contributed by atoms with Crippen LogP contribution in [0, 0.1) is 0 Å². The van der Waals surface area contributed by atoms with Crippen molar-refractivity contribution < 1.29 is 9.53 Å². The number of likely N-dealkylation sites (N-methyl/N-ethyl adjacent to an activating group) is 1. The molecule has 16 heavy (non-hydrogen) atoms. The first kappa shape index (κ1) is 14.9. The fourth-order valence-electron chi connectivity index (χ4n) is 1.42. The zero-order valence-electron chi connectivity index (χ0n) is 9.09. The lowest BCUT2D eigenvalue weighted by molar-refractivity contribution is -0.142. The van der Waals surface area contributed by atoms with Crippen LogP contribution in [0.1, 0.15) is 0 Å². The van der Waals surface area contributed by atoms with Crippen LogP contribution in [0.5, 0.6) is 0 Å². The Balaban J connectivity index is 2.14. The average molecular weight is 423 g/mol. The van der Waals surface area contributed by atoms with Crippen LogP contribution >= 0.6 is 47.8 Å². The topological polar surface area (TPSA) is 32.8 Å². The van der Waals surface area contributed by atoms with Crippen molar-refractivity contribution in [2.24, 2.45) is 0 Å². The first-order chi connectivity index (χ1) is 7.39. The predicted octanol–water partition coefficient (Wildman–Crippen LogP) is 1.62. The molecule has 7 heteroatoms. The molecule has 0 unspecified atom stereocenters. The predicted molar refractivity (Wildman–Crippen MR) is 74.4 cm³/mol. The molecule has 1 saturated heterocycles. The van der Waals surface area contributed by atoms with Crippen LogP contribution in [-0.4, -0.2) is 64.3 Å². The fourth-order valence-corrected chi connectivity index (χ4v) is 1.76. The van der Waals surface area contributed by atoms with Crippen LogP contribution < -0.4 is 0 Å². The number of halogens is 3. The van der Waals surface area contributed by atoms with Crippen molar-refractivity contribution in [1.82, 2.24) is 9.80 Å². The lowest BCUT2D eigenvalue weighted by Gasteiger charge is -2.32. The highest BCUT2D eigenvalue weighted by Gasteiger charge is 2.30. The van der Waals surface area contributed by atoms with Gasteiger partial charge >= 0.3 is 5.97 Å². The first-order valence-electron chi connectivity index (χ1n) is 5.04. The third-order valence-electron chi connectivity index (χ3n) is 2.47. The molecule has 0 bridgehead atoms. The number of ether oxygens (including phenoxy) is 1. The van der Waals surface area contributed by atoms with E-state index in [0.29, 0.717) is 6.61 Å². The van der Waals surface area contributed by atoms with E-state index < -0.39 is 2.14 Å².